The summed E-state index contributed by atoms with van der Waals surface area (Å²) in [6.45, 7) is 22.6. The first-order valence-corrected chi connectivity index (χ1v) is 34.6. The number of nitrogens with one attached hydrogen (secondary N) is 5. The van der Waals surface area contributed by atoms with Crippen LogP contribution in [-0.4, -0.2) is 135 Å². The molecular weight excluding hydrogens is 1250 g/mol. The minimum Gasteiger partial charge on any atom is -0.477 e. The van der Waals surface area contributed by atoms with E-state index in [1.807, 2.05) is 44.1 Å². The van der Waals surface area contributed by atoms with E-state index in [-0.39, 0.29) is 48.7 Å². The van der Waals surface area contributed by atoms with Crippen molar-refractivity contribution in [2.24, 2.45) is 22.7 Å². The molecule has 6 aromatic rings. The predicted octanol–water partition coefficient (Wildman–Crippen LogP) is 10.8. The summed E-state index contributed by atoms with van der Waals surface area (Å²) in [5.74, 6) is 1.47. The van der Waals surface area contributed by atoms with Crippen molar-refractivity contribution in [3.8, 4) is 23.4 Å². The second-order valence-corrected chi connectivity index (χ2v) is 31.0. The van der Waals surface area contributed by atoms with Crippen molar-refractivity contribution in [3.63, 3.8) is 0 Å². The normalized spacial score (nSPS) is 18.5. The van der Waals surface area contributed by atoms with E-state index in [1.54, 1.807) is 53.7 Å². The summed E-state index contributed by atoms with van der Waals surface area (Å²) >= 11 is 12.6. The zero-order valence-electron chi connectivity index (χ0n) is 53.1. The Balaban J connectivity index is 0.000000218. The first kappa shape index (κ1) is 68.2. The highest BCUT2D eigenvalue weighted by atomic mass is 35.5. The van der Waals surface area contributed by atoms with Gasteiger partial charge in [0.2, 0.25) is 11.8 Å². The van der Waals surface area contributed by atoms with Crippen LogP contribution in [-0.2, 0) is 24.8 Å². The maximum atomic E-state index is 13.1. The number of anilines is 2. The predicted molar refractivity (Wildman–Crippen MR) is 346 cm³/mol. The number of nitrogens with zero attached hydrogens (tertiary/aromatic N) is 9. The third kappa shape index (κ3) is 19.2. The number of pyridine rings is 4. The molecule has 2 atom stereocenters. The first-order chi connectivity index (χ1) is 42.8. The second kappa shape index (κ2) is 28.0. The summed E-state index contributed by atoms with van der Waals surface area (Å²) in [6.07, 6.45) is 15.5. The van der Waals surface area contributed by atoms with Gasteiger partial charge in [0.05, 0.1) is 24.3 Å². The standard InChI is InChI=1S/C34H46ClN7O6S.C29H38ClN7O4S/c1-32(2,3)48-31(44)41-22-23(21-33(41,4)5)9-8-18-36-25-10-7-11-28(37-25)49(45,46)40-30(43)24-12-13-26(38-29(24)35)42-19-14-27(39-42)47-20-17-34(6)15-16-34;1-28(2)18-20(19-32-28)6-5-15-31-22-7-4-8-25(33-22)42(39,40)36-27(38)21-9-10-23(34-26(21)30)37-16-11-24(35-37)41-17-14-29(3)12-13-29/h7,10-14,19,23H,8-9,15-18,20-22H2,1-6H3,(H,36,37)(H,40,43);4,7-11,16,20,32H,5-6,12-15,17-19H2,1-3H3,(H,31,33)(H,36,38). The van der Waals surface area contributed by atoms with Crippen LogP contribution in [0.4, 0.5) is 16.4 Å². The lowest BCUT2D eigenvalue weighted by Crippen LogP contribution is -2.45. The number of sulfonamides is 2. The van der Waals surface area contributed by atoms with Crippen LogP contribution in [0.2, 0.25) is 10.3 Å². The molecule has 0 aromatic carbocycles. The molecule has 2 saturated carbocycles. The highest BCUT2D eigenvalue weighted by molar-refractivity contribution is 7.90. The molecule has 3 amide bonds. The molecule has 5 N–H and O–H groups in total. The highest BCUT2D eigenvalue weighted by Gasteiger charge is 2.43. The Morgan fingerprint density at radius 1 is 0.626 bits per heavy atom. The molecule has 2 saturated heterocycles. The smallest absolute Gasteiger partial charge is 0.410 e. The maximum Gasteiger partial charge on any atom is 0.410 e. The number of rotatable bonds is 26. The van der Waals surface area contributed by atoms with Gasteiger partial charge in [-0.15, -0.1) is 10.2 Å². The number of carbonyl (C=O) groups excluding carboxylic acids is 3. The van der Waals surface area contributed by atoms with Crippen molar-refractivity contribution in [1.82, 2.24) is 59.2 Å². The molecule has 6 aromatic heterocycles. The SMILES string of the molecule is CC1(CCOc2ccn(-c3ccc(C(=O)NS(=O)(=O)c4cccc(NCCCC5CN(C(=O)OC(C)(C)C)C(C)(C)C5)n4)c(Cl)n3)n2)CC1.CC1(CCOc2ccn(-c3ccc(C(=O)NS(=O)(=O)c4cccc(NCCCC5CNC(C)(C)C5)n4)c(Cl)n3)n2)CC1. The third-order valence-corrected chi connectivity index (χ3v) is 19.8. The highest BCUT2D eigenvalue weighted by Crippen LogP contribution is 2.48. The molecule has 2 aliphatic carbocycles. The van der Waals surface area contributed by atoms with E-state index in [2.05, 4.69) is 73.8 Å². The summed E-state index contributed by atoms with van der Waals surface area (Å²) < 4.78 is 76.3. The topological polar surface area (TPSA) is 298 Å². The molecule has 0 bridgehead atoms. The van der Waals surface area contributed by atoms with Gasteiger partial charge in [-0.05, 0) is 203 Å². The number of carbonyl (C=O) groups is 3. The molecule has 0 spiro atoms. The summed E-state index contributed by atoms with van der Waals surface area (Å²) in [5, 5.41) is 17.6. The van der Waals surface area contributed by atoms with Crippen molar-refractivity contribution in [3.05, 3.63) is 107 Å². The first-order valence-electron chi connectivity index (χ1n) is 30.9. The number of ether oxygens (including phenoxy) is 3. The van der Waals surface area contributed by atoms with E-state index in [4.69, 9.17) is 37.4 Å². The van der Waals surface area contributed by atoms with Crippen LogP contribution in [0.3, 0.4) is 0 Å². The molecule has 10 rings (SSSR count). The molecule has 4 fully saturated rings. The zero-order valence-corrected chi connectivity index (χ0v) is 56.3. The molecule has 0 radical (unpaired) electrons. The molecule has 91 heavy (non-hydrogen) atoms. The molecule has 2 aliphatic heterocycles. The molecule has 492 valence electrons. The molecule has 8 heterocycles. The monoisotopic (exact) mass is 1330 g/mol. The van der Waals surface area contributed by atoms with Crippen LogP contribution in [0.5, 0.6) is 11.8 Å². The fraction of sp³-hybridized carbons (Fsp3) is 0.540. The van der Waals surface area contributed by atoms with Crippen molar-refractivity contribution in [1.29, 1.82) is 0 Å². The van der Waals surface area contributed by atoms with Crippen LogP contribution >= 0.6 is 23.2 Å². The number of likely N-dealkylation sites (tertiary alicyclic amines) is 1. The Bertz CT molecular complexity index is 3810. The van der Waals surface area contributed by atoms with Gasteiger partial charge in [0.15, 0.2) is 21.7 Å². The Hall–Kier alpha value is -7.13. The van der Waals surface area contributed by atoms with Gasteiger partial charge in [-0.25, -0.2) is 43.5 Å². The zero-order chi connectivity index (χ0) is 65.6. The molecule has 4 aliphatic rings. The summed E-state index contributed by atoms with van der Waals surface area (Å²) in [6, 6.07) is 18.4. The van der Waals surface area contributed by atoms with Gasteiger partial charge < -0.3 is 35.1 Å². The van der Waals surface area contributed by atoms with Crippen molar-refractivity contribution < 1.29 is 45.4 Å². The van der Waals surface area contributed by atoms with Crippen molar-refractivity contribution in [2.75, 3.05) is 50.0 Å². The average molecular weight is 1330 g/mol. The van der Waals surface area contributed by atoms with Gasteiger partial charge in [-0.3, -0.25) is 9.59 Å². The van der Waals surface area contributed by atoms with Crippen molar-refractivity contribution >= 4 is 72.8 Å². The molecule has 28 heteroatoms. The molecule has 24 nitrogen and oxygen atoms in total. The quantitative estimate of drug-likeness (QED) is 0.0249. The van der Waals surface area contributed by atoms with E-state index in [0.29, 0.717) is 90.5 Å². The van der Waals surface area contributed by atoms with E-state index in [9.17, 15) is 31.2 Å². The van der Waals surface area contributed by atoms with E-state index in [1.165, 1.54) is 71.4 Å². The van der Waals surface area contributed by atoms with Gasteiger partial charge in [0.25, 0.3) is 31.9 Å². The lowest BCUT2D eigenvalue weighted by atomic mass is 9.93. The van der Waals surface area contributed by atoms with Crippen LogP contribution in [0.25, 0.3) is 11.6 Å². The lowest BCUT2D eigenvalue weighted by Gasteiger charge is -2.33. The number of halogens is 2. The van der Waals surface area contributed by atoms with Crippen LogP contribution < -0.4 is 34.9 Å². The Kier molecular flexibility index (Phi) is 21.0. The number of hydrogen-bond donors (Lipinski definition) is 5. The Morgan fingerprint density at radius 2 is 1.09 bits per heavy atom. The number of hydrogen-bond acceptors (Lipinski definition) is 19. The van der Waals surface area contributed by atoms with Gasteiger partial charge in [0, 0.05) is 55.2 Å². The summed E-state index contributed by atoms with van der Waals surface area (Å²) in [7, 11) is -8.58. The second-order valence-electron chi connectivity index (χ2n) is 27.1. The van der Waals surface area contributed by atoms with Crippen molar-refractivity contribution in [2.45, 2.75) is 166 Å². The van der Waals surface area contributed by atoms with E-state index < -0.39 is 37.5 Å². The van der Waals surface area contributed by atoms with Gasteiger partial charge in [-0.2, -0.15) is 16.8 Å². The van der Waals surface area contributed by atoms with E-state index in [0.717, 1.165) is 57.9 Å². The third-order valence-electron chi connectivity index (χ3n) is 16.8. The maximum absolute atomic E-state index is 13.1. The lowest BCUT2D eigenvalue weighted by molar-refractivity contribution is 0.0130. The Labute approximate surface area is 543 Å². The fourth-order valence-electron chi connectivity index (χ4n) is 10.9. The number of aromatic nitrogens is 8. The van der Waals surface area contributed by atoms with Crippen LogP contribution in [0, 0.1) is 22.7 Å². The van der Waals surface area contributed by atoms with Gasteiger partial charge >= 0.3 is 6.09 Å². The molecular formula is C63H84Cl2N14O10S2. The summed E-state index contributed by atoms with van der Waals surface area (Å²) in [4.78, 5) is 57.3. The number of amides is 3. The largest absolute Gasteiger partial charge is 0.477 e. The van der Waals surface area contributed by atoms with Crippen LogP contribution in [0.1, 0.15) is 160 Å². The van der Waals surface area contributed by atoms with Crippen LogP contribution in [0.15, 0.2) is 95.2 Å². The molecule has 2 unspecified atom stereocenters. The van der Waals surface area contributed by atoms with Gasteiger partial charge in [0.1, 0.15) is 27.5 Å². The average Bonchev–Trinajstić information content (AvgIpc) is 2.02. The Morgan fingerprint density at radius 3 is 1.51 bits per heavy atom. The fourth-order valence-corrected chi connectivity index (χ4v) is 13.2. The minimum atomic E-state index is -4.33. The van der Waals surface area contributed by atoms with E-state index >= 15 is 0 Å². The van der Waals surface area contributed by atoms with Gasteiger partial charge in [-0.1, -0.05) is 49.2 Å². The summed E-state index contributed by atoms with van der Waals surface area (Å²) in [5.41, 5.74) is -0.124. The minimum absolute atomic E-state index is 0.0934.